The van der Waals surface area contributed by atoms with Gasteiger partial charge in [-0.3, -0.25) is 4.79 Å². The summed E-state index contributed by atoms with van der Waals surface area (Å²) in [5, 5.41) is 13.4. The van der Waals surface area contributed by atoms with E-state index in [1.54, 1.807) is 24.3 Å². The molecule has 1 aromatic heterocycles. The lowest BCUT2D eigenvalue weighted by Crippen LogP contribution is -2.15. The number of tetrazole rings is 1. The maximum Gasteiger partial charge on any atom is 0.228 e. The van der Waals surface area contributed by atoms with Crippen molar-refractivity contribution in [3.05, 3.63) is 60.2 Å². The first-order chi connectivity index (χ1) is 11.7. The molecule has 0 aliphatic rings. The molecule has 0 saturated heterocycles. The van der Waals surface area contributed by atoms with Crippen LogP contribution in [0.1, 0.15) is 5.56 Å². The molecular formula is C16H14FN5O2. The molecule has 0 aliphatic carbocycles. The number of aromatic nitrogens is 4. The number of amides is 1. The van der Waals surface area contributed by atoms with Crippen molar-refractivity contribution in [3.8, 4) is 11.4 Å². The fourth-order valence-corrected chi connectivity index (χ4v) is 2.15. The number of nitrogens with zero attached hydrogens (tertiary/aromatic N) is 4. The van der Waals surface area contributed by atoms with Crippen LogP contribution in [0.5, 0.6) is 5.75 Å². The van der Waals surface area contributed by atoms with Crippen molar-refractivity contribution in [2.45, 2.75) is 6.42 Å². The summed E-state index contributed by atoms with van der Waals surface area (Å²) in [5.41, 5.74) is 1.65. The molecule has 0 spiro atoms. The molecule has 1 N–H and O–H groups in total. The summed E-state index contributed by atoms with van der Waals surface area (Å²) in [5.74, 6) is -0.368. The van der Waals surface area contributed by atoms with Crippen molar-refractivity contribution in [3.63, 3.8) is 0 Å². The molecule has 0 radical (unpaired) electrons. The predicted octanol–water partition coefficient (Wildman–Crippen LogP) is 1.99. The van der Waals surface area contributed by atoms with E-state index in [1.165, 1.54) is 36.3 Å². The van der Waals surface area contributed by atoms with Crippen molar-refractivity contribution in [2.75, 3.05) is 12.4 Å². The van der Waals surface area contributed by atoms with Gasteiger partial charge in [-0.15, -0.1) is 5.10 Å². The number of halogens is 1. The highest BCUT2D eigenvalue weighted by atomic mass is 19.1. The van der Waals surface area contributed by atoms with E-state index in [0.29, 0.717) is 5.75 Å². The van der Waals surface area contributed by atoms with Gasteiger partial charge in [-0.05, 0) is 40.3 Å². The van der Waals surface area contributed by atoms with Crippen LogP contribution in [-0.4, -0.2) is 33.2 Å². The second-order valence-corrected chi connectivity index (χ2v) is 4.99. The van der Waals surface area contributed by atoms with Crippen LogP contribution in [0.15, 0.2) is 48.8 Å². The van der Waals surface area contributed by atoms with Gasteiger partial charge in [-0.25, -0.2) is 9.07 Å². The summed E-state index contributed by atoms with van der Waals surface area (Å²) in [6, 6.07) is 11.3. The Bertz CT molecular complexity index is 834. The number of hydrogen-bond donors (Lipinski definition) is 1. The van der Waals surface area contributed by atoms with E-state index in [-0.39, 0.29) is 18.0 Å². The quantitative estimate of drug-likeness (QED) is 0.775. The van der Waals surface area contributed by atoms with Crippen molar-refractivity contribution in [1.29, 1.82) is 0 Å². The van der Waals surface area contributed by atoms with Gasteiger partial charge < -0.3 is 10.1 Å². The summed E-state index contributed by atoms with van der Waals surface area (Å²) >= 11 is 0. The Hall–Kier alpha value is -3.29. The van der Waals surface area contributed by atoms with Crippen LogP contribution in [0.25, 0.3) is 5.69 Å². The van der Waals surface area contributed by atoms with Crippen LogP contribution < -0.4 is 10.1 Å². The van der Waals surface area contributed by atoms with Gasteiger partial charge in [0, 0.05) is 6.07 Å². The average Bonchev–Trinajstić information content (AvgIpc) is 3.12. The molecule has 0 unspecified atom stereocenters. The van der Waals surface area contributed by atoms with E-state index >= 15 is 0 Å². The van der Waals surface area contributed by atoms with Gasteiger partial charge in [-0.1, -0.05) is 12.1 Å². The van der Waals surface area contributed by atoms with Gasteiger partial charge in [0.05, 0.1) is 24.9 Å². The number of rotatable bonds is 5. The molecular weight excluding hydrogens is 313 g/mol. The van der Waals surface area contributed by atoms with Crippen LogP contribution in [0.4, 0.5) is 10.1 Å². The average molecular weight is 327 g/mol. The van der Waals surface area contributed by atoms with E-state index in [9.17, 15) is 9.18 Å². The Kier molecular flexibility index (Phi) is 4.46. The van der Waals surface area contributed by atoms with Crippen molar-refractivity contribution < 1.29 is 13.9 Å². The van der Waals surface area contributed by atoms with Crippen molar-refractivity contribution >= 4 is 11.6 Å². The summed E-state index contributed by atoms with van der Waals surface area (Å²) in [4.78, 5) is 12.1. The Balaban J connectivity index is 1.67. The van der Waals surface area contributed by atoms with Crippen LogP contribution >= 0.6 is 0 Å². The highest BCUT2D eigenvalue weighted by Gasteiger charge is 2.09. The first-order valence-corrected chi connectivity index (χ1v) is 7.11. The second kappa shape index (κ2) is 6.86. The zero-order valence-electron chi connectivity index (χ0n) is 12.8. The fraction of sp³-hybridized carbons (Fsp3) is 0.125. The van der Waals surface area contributed by atoms with Crippen LogP contribution in [0.3, 0.4) is 0 Å². The topological polar surface area (TPSA) is 81.9 Å². The SMILES string of the molecule is COc1ccc(F)c(NC(=O)Cc2ccc(-n3cnnn3)cc2)c1. The van der Waals surface area contributed by atoms with Gasteiger partial charge in [0.25, 0.3) is 0 Å². The molecule has 0 aliphatic heterocycles. The van der Waals surface area contributed by atoms with Crippen LogP contribution in [0, 0.1) is 5.82 Å². The number of ether oxygens (including phenoxy) is 1. The van der Waals surface area contributed by atoms with Gasteiger partial charge in [0.1, 0.15) is 17.9 Å². The molecule has 0 fully saturated rings. The monoisotopic (exact) mass is 327 g/mol. The van der Waals surface area contributed by atoms with Gasteiger partial charge in [0.15, 0.2) is 0 Å². The van der Waals surface area contributed by atoms with Gasteiger partial charge in [0.2, 0.25) is 5.91 Å². The third-order valence-electron chi connectivity index (χ3n) is 3.36. The molecule has 0 bridgehead atoms. The van der Waals surface area contributed by atoms with Crippen molar-refractivity contribution in [1.82, 2.24) is 20.2 Å². The number of hydrogen-bond acceptors (Lipinski definition) is 5. The van der Waals surface area contributed by atoms with Crippen LogP contribution in [0.2, 0.25) is 0 Å². The first kappa shape index (κ1) is 15.6. The first-order valence-electron chi connectivity index (χ1n) is 7.11. The molecule has 0 saturated carbocycles. The van der Waals surface area contributed by atoms with E-state index < -0.39 is 5.82 Å². The van der Waals surface area contributed by atoms with E-state index in [1.807, 2.05) is 0 Å². The molecule has 24 heavy (non-hydrogen) atoms. The number of methoxy groups -OCH3 is 1. The zero-order valence-corrected chi connectivity index (χ0v) is 12.8. The summed E-state index contributed by atoms with van der Waals surface area (Å²) in [7, 11) is 1.48. The zero-order chi connectivity index (χ0) is 16.9. The third kappa shape index (κ3) is 3.54. The lowest BCUT2D eigenvalue weighted by molar-refractivity contribution is -0.115. The standard InChI is InChI=1S/C16H14FN5O2/c1-24-13-6-7-14(17)15(9-13)19-16(23)8-11-2-4-12(5-3-11)22-10-18-20-21-22/h2-7,9-10H,8H2,1H3,(H,19,23). The number of benzene rings is 2. The molecule has 3 rings (SSSR count). The third-order valence-corrected chi connectivity index (χ3v) is 3.36. The Morgan fingerprint density at radius 1 is 1.25 bits per heavy atom. The summed E-state index contributed by atoms with van der Waals surface area (Å²) < 4.78 is 20.3. The van der Waals surface area contributed by atoms with Crippen molar-refractivity contribution in [2.24, 2.45) is 0 Å². The lowest BCUT2D eigenvalue weighted by atomic mass is 10.1. The smallest absolute Gasteiger partial charge is 0.228 e. The molecule has 0 atom stereocenters. The Labute approximate surface area is 137 Å². The highest BCUT2D eigenvalue weighted by molar-refractivity contribution is 5.92. The summed E-state index contributed by atoms with van der Waals surface area (Å²) in [6.07, 6.45) is 1.60. The lowest BCUT2D eigenvalue weighted by Gasteiger charge is -2.09. The normalized spacial score (nSPS) is 10.4. The number of carbonyl (C=O) groups excluding carboxylic acids is 1. The summed E-state index contributed by atoms with van der Waals surface area (Å²) in [6.45, 7) is 0. The minimum Gasteiger partial charge on any atom is -0.497 e. The Morgan fingerprint density at radius 3 is 2.71 bits per heavy atom. The number of nitrogens with one attached hydrogen (secondary N) is 1. The minimum absolute atomic E-state index is 0.0876. The Morgan fingerprint density at radius 2 is 2.04 bits per heavy atom. The highest BCUT2D eigenvalue weighted by Crippen LogP contribution is 2.21. The van der Waals surface area contributed by atoms with Crippen LogP contribution in [-0.2, 0) is 11.2 Å². The van der Waals surface area contributed by atoms with E-state index in [0.717, 1.165) is 11.3 Å². The fourth-order valence-electron chi connectivity index (χ4n) is 2.15. The molecule has 7 nitrogen and oxygen atoms in total. The molecule has 2 aromatic carbocycles. The molecule has 3 aromatic rings. The minimum atomic E-state index is -0.516. The molecule has 8 heteroatoms. The van der Waals surface area contributed by atoms with Gasteiger partial charge >= 0.3 is 0 Å². The maximum absolute atomic E-state index is 13.7. The molecule has 122 valence electrons. The van der Waals surface area contributed by atoms with E-state index in [4.69, 9.17) is 4.74 Å². The second-order valence-electron chi connectivity index (χ2n) is 4.99. The maximum atomic E-state index is 13.7. The number of anilines is 1. The molecule has 1 amide bonds. The number of carbonyl (C=O) groups is 1. The van der Waals surface area contributed by atoms with E-state index in [2.05, 4.69) is 20.8 Å². The largest absolute Gasteiger partial charge is 0.497 e. The predicted molar refractivity (Wildman–Crippen MR) is 84.4 cm³/mol. The van der Waals surface area contributed by atoms with Gasteiger partial charge in [-0.2, -0.15) is 0 Å². The molecule has 1 heterocycles.